The van der Waals surface area contributed by atoms with Crippen molar-refractivity contribution in [1.82, 2.24) is 14.7 Å². The number of aromatic nitrogens is 2. The fraction of sp³-hybridized carbons (Fsp3) is 0.296. The third-order valence-electron chi connectivity index (χ3n) is 6.54. The Kier molecular flexibility index (Phi) is 6.54. The van der Waals surface area contributed by atoms with E-state index in [4.69, 9.17) is 15.6 Å². The number of ether oxygens (including phenoxy) is 1. The molecule has 1 aliphatic rings. The zero-order valence-electron chi connectivity index (χ0n) is 19.6. The van der Waals surface area contributed by atoms with E-state index in [0.717, 1.165) is 30.6 Å². The fourth-order valence-corrected chi connectivity index (χ4v) is 4.45. The van der Waals surface area contributed by atoms with Gasteiger partial charge in [0.05, 0.1) is 11.6 Å². The van der Waals surface area contributed by atoms with Crippen molar-refractivity contribution >= 4 is 11.8 Å². The highest BCUT2D eigenvalue weighted by Crippen LogP contribution is 2.50. The molecule has 4 rings (SSSR count). The number of carbonyl (C=O) groups excluding carboxylic acids is 2. The summed E-state index contributed by atoms with van der Waals surface area (Å²) in [5.74, 6) is 0.884. The van der Waals surface area contributed by atoms with Gasteiger partial charge < -0.3 is 15.4 Å². The minimum absolute atomic E-state index is 0.0671. The van der Waals surface area contributed by atoms with Crippen LogP contribution < -0.4 is 10.5 Å². The monoisotopic (exact) mass is 458 g/mol. The van der Waals surface area contributed by atoms with Crippen molar-refractivity contribution in [2.75, 3.05) is 13.6 Å². The van der Waals surface area contributed by atoms with Crippen LogP contribution in [0.5, 0.6) is 11.5 Å². The molecule has 7 nitrogen and oxygen atoms in total. The topological polar surface area (TPSA) is 90.5 Å². The predicted octanol–water partition coefficient (Wildman–Crippen LogP) is 4.82. The quantitative estimate of drug-likeness (QED) is 0.466. The third-order valence-corrected chi connectivity index (χ3v) is 6.54. The molecule has 1 aliphatic carbocycles. The second-order valence-electron chi connectivity index (χ2n) is 9.26. The Balaban J connectivity index is 1.45. The van der Waals surface area contributed by atoms with Gasteiger partial charge in [0.15, 0.2) is 0 Å². The lowest BCUT2D eigenvalue weighted by Gasteiger charge is -2.46. The highest BCUT2D eigenvalue weighted by atomic mass is 16.5. The van der Waals surface area contributed by atoms with Gasteiger partial charge in [0.2, 0.25) is 5.91 Å². The Hall–Kier alpha value is -3.87. The number of benzene rings is 2. The van der Waals surface area contributed by atoms with E-state index in [2.05, 4.69) is 13.5 Å². The van der Waals surface area contributed by atoms with Crippen LogP contribution in [0, 0.1) is 5.41 Å². The normalized spacial score (nSPS) is 19.2. The van der Waals surface area contributed by atoms with Crippen LogP contribution in [0.3, 0.4) is 0 Å². The van der Waals surface area contributed by atoms with Crippen molar-refractivity contribution < 1.29 is 14.3 Å². The second kappa shape index (κ2) is 9.55. The summed E-state index contributed by atoms with van der Waals surface area (Å²) in [6.45, 7) is 6.44. The molecule has 0 spiro atoms. The number of nitrogens with zero attached hydrogens (tertiary/aromatic N) is 3. The van der Waals surface area contributed by atoms with E-state index in [9.17, 15) is 9.59 Å². The van der Waals surface area contributed by atoms with E-state index < -0.39 is 5.91 Å². The van der Waals surface area contributed by atoms with Crippen LogP contribution in [0.1, 0.15) is 42.6 Å². The molecule has 2 N–H and O–H groups in total. The Morgan fingerprint density at radius 1 is 1.18 bits per heavy atom. The van der Waals surface area contributed by atoms with E-state index in [1.165, 1.54) is 6.08 Å². The molecule has 0 aliphatic heterocycles. The number of hydrogen-bond acceptors (Lipinski definition) is 4. The Morgan fingerprint density at radius 3 is 2.44 bits per heavy atom. The first-order valence-electron chi connectivity index (χ1n) is 11.4. The van der Waals surface area contributed by atoms with Crippen LogP contribution in [0.4, 0.5) is 0 Å². The molecule has 0 saturated heterocycles. The Bertz CT molecular complexity index is 1180. The Labute approximate surface area is 199 Å². The molecule has 2 amide bonds. The molecule has 1 aromatic heterocycles. The fourth-order valence-electron chi connectivity index (χ4n) is 4.45. The van der Waals surface area contributed by atoms with E-state index in [1.54, 1.807) is 18.1 Å². The van der Waals surface area contributed by atoms with Crippen LogP contribution in [-0.2, 0) is 4.79 Å². The van der Waals surface area contributed by atoms with Gasteiger partial charge in [-0.25, -0.2) is 0 Å². The molecule has 0 bridgehead atoms. The molecule has 1 fully saturated rings. The first-order chi connectivity index (χ1) is 16.3. The first kappa shape index (κ1) is 23.3. The minimum Gasteiger partial charge on any atom is -0.457 e. The summed E-state index contributed by atoms with van der Waals surface area (Å²) in [4.78, 5) is 25.5. The first-order valence-corrected chi connectivity index (χ1v) is 11.4. The van der Waals surface area contributed by atoms with Gasteiger partial charge in [-0.3, -0.25) is 14.3 Å². The molecular formula is C27H30N4O3. The van der Waals surface area contributed by atoms with Crippen LogP contribution in [0.25, 0.3) is 11.3 Å². The summed E-state index contributed by atoms with van der Waals surface area (Å²) in [5.41, 5.74) is 7.57. The number of carbonyl (C=O) groups is 2. The molecule has 0 atom stereocenters. The SMILES string of the molecule is C=CC(=O)N(C)CCC1(C)CC(n2cc(C(N)=O)c(-c3ccc(Oc4ccccc4)cc3)n2)C1. The number of amides is 2. The number of hydrogen-bond donors (Lipinski definition) is 1. The lowest BCUT2D eigenvalue weighted by molar-refractivity contribution is -0.125. The maximum atomic E-state index is 12.1. The molecule has 1 saturated carbocycles. The summed E-state index contributed by atoms with van der Waals surface area (Å²) < 4.78 is 7.72. The molecule has 1 heterocycles. The molecule has 7 heteroatoms. The van der Waals surface area contributed by atoms with Crippen LogP contribution in [-0.4, -0.2) is 40.1 Å². The molecule has 176 valence electrons. The second-order valence-corrected chi connectivity index (χ2v) is 9.26. The van der Waals surface area contributed by atoms with Gasteiger partial charge in [-0.05, 0) is 67.2 Å². The standard InChI is InChI=1S/C27H30N4O3/c1-4-24(32)30(3)15-14-27(2)16-20(17-27)31-18-23(26(28)33)25(29-31)19-10-12-22(13-11-19)34-21-8-6-5-7-9-21/h4-13,18,20H,1,14-17H2,2-3H3,(H2,28,33). The van der Waals surface area contributed by atoms with Crippen LogP contribution in [0.2, 0.25) is 0 Å². The predicted molar refractivity (Wildman–Crippen MR) is 132 cm³/mol. The summed E-state index contributed by atoms with van der Waals surface area (Å²) in [6.07, 6.45) is 5.84. The largest absolute Gasteiger partial charge is 0.457 e. The highest BCUT2D eigenvalue weighted by Gasteiger charge is 2.42. The van der Waals surface area contributed by atoms with Gasteiger partial charge in [0.1, 0.15) is 17.2 Å². The molecule has 2 aromatic carbocycles. The smallest absolute Gasteiger partial charge is 0.252 e. The number of primary amides is 1. The summed E-state index contributed by atoms with van der Waals surface area (Å²) >= 11 is 0. The number of para-hydroxylation sites is 1. The van der Waals surface area contributed by atoms with Crippen molar-refractivity contribution in [3.05, 3.63) is 79.0 Å². The number of likely N-dealkylation sites (N-methyl/N-ethyl adjacent to an activating group) is 1. The average Bonchev–Trinajstić information content (AvgIpc) is 3.27. The lowest BCUT2D eigenvalue weighted by atomic mass is 9.65. The number of nitrogens with two attached hydrogens (primary N) is 1. The molecule has 0 radical (unpaired) electrons. The van der Waals surface area contributed by atoms with Gasteiger partial charge in [-0.15, -0.1) is 0 Å². The maximum absolute atomic E-state index is 12.1. The van der Waals surface area contributed by atoms with Crippen molar-refractivity contribution in [3.8, 4) is 22.8 Å². The van der Waals surface area contributed by atoms with Crippen LogP contribution >= 0.6 is 0 Å². The average molecular weight is 459 g/mol. The van der Waals surface area contributed by atoms with Gasteiger partial charge in [-0.2, -0.15) is 5.10 Å². The van der Waals surface area contributed by atoms with Gasteiger partial charge >= 0.3 is 0 Å². The molecule has 34 heavy (non-hydrogen) atoms. The Morgan fingerprint density at radius 2 is 1.82 bits per heavy atom. The van der Waals surface area contributed by atoms with Gasteiger partial charge in [0, 0.05) is 25.4 Å². The van der Waals surface area contributed by atoms with Crippen molar-refractivity contribution in [3.63, 3.8) is 0 Å². The van der Waals surface area contributed by atoms with Crippen molar-refractivity contribution in [2.24, 2.45) is 11.1 Å². The molecule has 0 unspecified atom stereocenters. The minimum atomic E-state index is -0.502. The molecular weight excluding hydrogens is 428 g/mol. The van der Waals surface area contributed by atoms with Crippen LogP contribution in [0.15, 0.2) is 73.4 Å². The lowest BCUT2D eigenvalue weighted by Crippen LogP contribution is -2.39. The molecule has 3 aromatic rings. The van der Waals surface area contributed by atoms with E-state index in [0.29, 0.717) is 23.6 Å². The van der Waals surface area contributed by atoms with Crippen molar-refractivity contribution in [2.45, 2.75) is 32.2 Å². The zero-order chi connectivity index (χ0) is 24.3. The van der Waals surface area contributed by atoms with Crippen molar-refractivity contribution in [1.29, 1.82) is 0 Å². The summed E-state index contributed by atoms with van der Waals surface area (Å²) in [7, 11) is 1.79. The maximum Gasteiger partial charge on any atom is 0.252 e. The van der Waals surface area contributed by atoms with Gasteiger partial charge in [-0.1, -0.05) is 31.7 Å². The number of rotatable bonds is 9. The van der Waals surface area contributed by atoms with Gasteiger partial charge in [0.25, 0.3) is 5.91 Å². The highest BCUT2D eigenvalue weighted by molar-refractivity contribution is 5.98. The van der Waals surface area contributed by atoms with E-state index in [1.807, 2.05) is 59.3 Å². The third kappa shape index (κ3) is 5.03. The zero-order valence-corrected chi connectivity index (χ0v) is 19.6. The van der Waals surface area contributed by atoms with E-state index >= 15 is 0 Å². The summed E-state index contributed by atoms with van der Waals surface area (Å²) in [6, 6.07) is 17.2. The van der Waals surface area contributed by atoms with E-state index in [-0.39, 0.29) is 17.4 Å². The summed E-state index contributed by atoms with van der Waals surface area (Å²) in [5, 5.41) is 4.74.